The lowest BCUT2D eigenvalue weighted by Gasteiger charge is -2.07. The second-order valence-corrected chi connectivity index (χ2v) is 3.60. The van der Waals surface area contributed by atoms with Crippen LogP contribution in [0.1, 0.15) is 24.2 Å². The Morgan fingerprint density at radius 3 is 2.37 bits per heavy atom. The smallest absolute Gasteiger partial charge is 0.262 e. The lowest BCUT2D eigenvalue weighted by molar-refractivity contribution is -0.132. The van der Waals surface area contributed by atoms with Crippen molar-refractivity contribution >= 4 is 11.8 Å². The molecule has 0 radical (unpaired) electrons. The summed E-state index contributed by atoms with van der Waals surface area (Å²) in [5, 5.41) is 2.49. The molecule has 0 atom stereocenters. The Hall–Kier alpha value is -2.08. The molecule has 0 aliphatic rings. The summed E-state index contributed by atoms with van der Waals surface area (Å²) in [5.41, 5.74) is 2.66. The Bertz CT molecular complexity index is 417. The van der Waals surface area contributed by atoms with Gasteiger partial charge in [0.1, 0.15) is 5.75 Å². The maximum absolute atomic E-state index is 11.7. The van der Waals surface area contributed by atoms with Crippen LogP contribution in [-0.4, -0.2) is 31.6 Å². The van der Waals surface area contributed by atoms with Gasteiger partial charge in [0.05, 0.1) is 19.8 Å². The molecule has 0 saturated heterocycles. The van der Waals surface area contributed by atoms with Gasteiger partial charge < -0.3 is 10.1 Å². The van der Waals surface area contributed by atoms with Crippen LogP contribution in [0, 0.1) is 0 Å². The SMILES string of the molecule is CCONC(=O)CNC(=O)c1ccc(OCC)cc1. The van der Waals surface area contributed by atoms with Crippen LogP contribution in [0.3, 0.4) is 0 Å². The van der Waals surface area contributed by atoms with Crippen molar-refractivity contribution in [2.45, 2.75) is 13.8 Å². The van der Waals surface area contributed by atoms with Crippen LogP contribution in [0.25, 0.3) is 0 Å². The lowest BCUT2D eigenvalue weighted by atomic mass is 10.2. The predicted octanol–water partition coefficient (Wildman–Crippen LogP) is 0.883. The van der Waals surface area contributed by atoms with Crippen LogP contribution in [0.2, 0.25) is 0 Å². The molecule has 0 saturated carbocycles. The van der Waals surface area contributed by atoms with E-state index < -0.39 is 5.91 Å². The highest BCUT2D eigenvalue weighted by Crippen LogP contribution is 2.11. The minimum Gasteiger partial charge on any atom is -0.494 e. The Balaban J connectivity index is 2.42. The van der Waals surface area contributed by atoms with Gasteiger partial charge in [0.15, 0.2) is 0 Å². The van der Waals surface area contributed by atoms with E-state index in [0.29, 0.717) is 24.5 Å². The van der Waals surface area contributed by atoms with E-state index in [0.717, 1.165) is 0 Å². The number of hydrogen-bond donors (Lipinski definition) is 2. The van der Waals surface area contributed by atoms with Crippen molar-refractivity contribution in [2.75, 3.05) is 19.8 Å². The number of carbonyl (C=O) groups is 2. The Labute approximate surface area is 112 Å². The molecular weight excluding hydrogens is 248 g/mol. The first-order valence-electron chi connectivity index (χ1n) is 6.09. The number of ether oxygens (including phenoxy) is 1. The van der Waals surface area contributed by atoms with Crippen LogP contribution < -0.4 is 15.5 Å². The topological polar surface area (TPSA) is 76.7 Å². The Morgan fingerprint density at radius 2 is 1.79 bits per heavy atom. The minimum absolute atomic E-state index is 0.133. The molecule has 2 N–H and O–H groups in total. The molecule has 0 unspecified atom stereocenters. The summed E-state index contributed by atoms with van der Waals surface area (Å²) in [7, 11) is 0. The molecule has 0 bridgehead atoms. The molecular formula is C13H18N2O4. The summed E-state index contributed by atoms with van der Waals surface area (Å²) in [5.74, 6) is -0.0241. The fourth-order valence-corrected chi connectivity index (χ4v) is 1.32. The number of rotatable bonds is 7. The summed E-state index contributed by atoms with van der Waals surface area (Å²) in [6.07, 6.45) is 0. The minimum atomic E-state index is -0.402. The molecule has 0 fully saturated rings. The van der Waals surface area contributed by atoms with Gasteiger partial charge in [-0.05, 0) is 38.1 Å². The van der Waals surface area contributed by atoms with E-state index in [2.05, 4.69) is 10.8 Å². The van der Waals surface area contributed by atoms with Gasteiger partial charge >= 0.3 is 0 Å². The van der Waals surface area contributed by atoms with Crippen LogP contribution in [0.4, 0.5) is 0 Å². The van der Waals surface area contributed by atoms with E-state index in [4.69, 9.17) is 9.57 Å². The van der Waals surface area contributed by atoms with E-state index >= 15 is 0 Å². The van der Waals surface area contributed by atoms with E-state index in [-0.39, 0.29) is 12.5 Å². The van der Waals surface area contributed by atoms with Gasteiger partial charge in [-0.1, -0.05) is 0 Å². The fourth-order valence-electron chi connectivity index (χ4n) is 1.32. The molecule has 0 aliphatic heterocycles. The molecule has 0 heterocycles. The van der Waals surface area contributed by atoms with Crippen molar-refractivity contribution in [3.8, 4) is 5.75 Å². The van der Waals surface area contributed by atoms with Crippen LogP contribution in [0.5, 0.6) is 5.75 Å². The molecule has 6 heteroatoms. The third-order valence-electron chi connectivity index (χ3n) is 2.17. The summed E-state index contributed by atoms with van der Waals surface area (Å²) in [4.78, 5) is 27.6. The number of benzene rings is 1. The predicted molar refractivity (Wildman–Crippen MR) is 69.7 cm³/mol. The van der Waals surface area contributed by atoms with Crippen LogP contribution in [-0.2, 0) is 9.63 Å². The molecule has 104 valence electrons. The van der Waals surface area contributed by atoms with Gasteiger partial charge in [0.25, 0.3) is 11.8 Å². The molecule has 2 amide bonds. The summed E-state index contributed by atoms with van der Waals surface area (Å²) in [6.45, 7) is 4.45. The van der Waals surface area contributed by atoms with Crippen molar-refractivity contribution in [2.24, 2.45) is 0 Å². The van der Waals surface area contributed by atoms with Gasteiger partial charge in [-0.2, -0.15) is 0 Å². The first-order chi connectivity index (χ1) is 9.17. The molecule has 1 rings (SSSR count). The first-order valence-corrected chi connectivity index (χ1v) is 6.09. The molecule has 0 spiro atoms. The molecule has 0 aliphatic carbocycles. The van der Waals surface area contributed by atoms with Crippen molar-refractivity contribution in [1.82, 2.24) is 10.8 Å². The van der Waals surface area contributed by atoms with Crippen LogP contribution in [0.15, 0.2) is 24.3 Å². The number of carbonyl (C=O) groups excluding carboxylic acids is 2. The standard InChI is InChI=1S/C13H18N2O4/c1-3-18-11-7-5-10(6-8-11)13(17)14-9-12(16)15-19-4-2/h5-8H,3-4,9H2,1-2H3,(H,14,17)(H,15,16). The zero-order valence-corrected chi connectivity index (χ0v) is 11.1. The zero-order chi connectivity index (χ0) is 14.1. The summed E-state index contributed by atoms with van der Waals surface area (Å²) >= 11 is 0. The van der Waals surface area contributed by atoms with Gasteiger partial charge in [-0.3, -0.25) is 14.4 Å². The molecule has 1 aromatic rings. The van der Waals surface area contributed by atoms with Gasteiger partial charge in [0.2, 0.25) is 0 Å². The molecule has 1 aromatic carbocycles. The molecule has 0 aromatic heterocycles. The number of hydrogen-bond acceptors (Lipinski definition) is 4. The first kappa shape index (κ1) is 15.0. The number of nitrogens with one attached hydrogen (secondary N) is 2. The highest BCUT2D eigenvalue weighted by atomic mass is 16.6. The van der Waals surface area contributed by atoms with Crippen molar-refractivity contribution in [3.63, 3.8) is 0 Å². The average Bonchev–Trinajstić information content (AvgIpc) is 2.43. The zero-order valence-electron chi connectivity index (χ0n) is 11.1. The van der Waals surface area contributed by atoms with Gasteiger partial charge in [-0.25, -0.2) is 5.48 Å². The molecule has 6 nitrogen and oxygen atoms in total. The molecule has 19 heavy (non-hydrogen) atoms. The fraction of sp³-hybridized carbons (Fsp3) is 0.385. The monoisotopic (exact) mass is 266 g/mol. The third-order valence-corrected chi connectivity index (χ3v) is 2.17. The van der Waals surface area contributed by atoms with E-state index in [9.17, 15) is 9.59 Å². The summed E-state index contributed by atoms with van der Waals surface area (Å²) < 4.78 is 5.27. The van der Waals surface area contributed by atoms with Crippen molar-refractivity contribution < 1.29 is 19.2 Å². The van der Waals surface area contributed by atoms with E-state index in [1.165, 1.54) is 0 Å². The Kier molecular flexibility index (Phi) is 6.38. The lowest BCUT2D eigenvalue weighted by Crippen LogP contribution is -2.36. The average molecular weight is 266 g/mol. The number of hydroxylamine groups is 1. The maximum Gasteiger partial charge on any atom is 0.262 e. The highest BCUT2D eigenvalue weighted by Gasteiger charge is 2.07. The van der Waals surface area contributed by atoms with Crippen LogP contribution >= 0.6 is 0 Å². The summed E-state index contributed by atoms with van der Waals surface area (Å²) in [6, 6.07) is 6.69. The highest BCUT2D eigenvalue weighted by molar-refractivity contribution is 5.96. The normalized spacial score (nSPS) is 9.79. The van der Waals surface area contributed by atoms with E-state index in [1.807, 2.05) is 6.92 Å². The largest absolute Gasteiger partial charge is 0.494 e. The van der Waals surface area contributed by atoms with E-state index in [1.54, 1.807) is 31.2 Å². The second kappa shape index (κ2) is 8.10. The van der Waals surface area contributed by atoms with Crippen molar-refractivity contribution in [1.29, 1.82) is 0 Å². The van der Waals surface area contributed by atoms with Gasteiger partial charge in [-0.15, -0.1) is 0 Å². The van der Waals surface area contributed by atoms with Crippen molar-refractivity contribution in [3.05, 3.63) is 29.8 Å². The van der Waals surface area contributed by atoms with Gasteiger partial charge in [0, 0.05) is 5.56 Å². The Morgan fingerprint density at radius 1 is 1.11 bits per heavy atom. The number of amides is 2. The maximum atomic E-state index is 11.7. The second-order valence-electron chi connectivity index (χ2n) is 3.60. The quantitative estimate of drug-likeness (QED) is 0.718. The third kappa shape index (κ3) is 5.39.